The molecule has 1 aromatic heterocycles. The van der Waals surface area contributed by atoms with Gasteiger partial charge in [-0.2, -0.15) is 0 Å². The van der Waals surface area contributed by atoms with Crippen LogP contribution in [0.2, 0.25) is 0 Å². The summed E-state index contributed by atoms with van der Waals surface area (Å²) in [6.45, 7) is 2.61. The molecule has 7 nitrogen and oxygen atoms in total. The first-order valence-electron chi connectivity index (χ1n) is 8.51. The molecule has 0 amide bonds. The van der Waals surface area contributed by atoms with E-state index in [1.165, 1.54) is 13.2 Å². The van der Waals surface area contributed by atoms with Crippen molar-refractivity contribution in [1.82, 2.24) is 14.3 Å². The molecule has 3 aromatic rings. The van der Waals surface area contributed by atoms with Crippen molar-refractivity contribution in [2.45, 2.75) is 24.8 Å². The van der Waals surface area contributed by atoms with Gasteiger partial charge in [0.25, 0.3) is 0 Å². The number of imidazole rings is 1. The summed E-state index contributed by atoms with van der Waals surface area (Å²) < 4.78 is 34.5. The lowest BCUT2D eigenvalue weighted by atomic mass is 10.1. The second-order valence-corrected chi connectivity index (χ2v) is 7.89. The lowest BCUT2D eigenvalue weighted by molar-refractivity contribution is 0.0600. The Balaban J connectivity index is 1.66. The molecule has 0 aliphatic carbocycles. The van der Waals surface area contributed by atoms with Crippen molar-refractivity contribution in [3.05, 3.63) is 59.9 Å². The maximum atomic E-state index is 12.6. The maximum absolute atomic E-state index is 12.6. The number of nitrogens with one attached hydrogen (secondary N) is 1. The van der Waals surface area contributed by atoms with Gasteiger partial charge in [-0.25, -0.2) is 22.9 Å². The predicted molar refractivity (Wildman–Crippen MR) is 102 cm³/mol. The van der Waals surface area contributed by atoms with Crippen molar-refractivity contribution >= 4 is 27.0 Å². The van der Waals surface area contributed by atoms with E-state index >= 15 is 0 Å². The van der Waals surface area contributed by atoms with Gasteiger partial charge in [-0.05, 0) is 43.2 Å². The van der Waals surface area contributed by atoms with Gasteiger partial charge in [0.1, 0.15) is 0 Å². The number of benzene rings is 2. The molecule has 27 heavy (non-hydrogen) atoms. The van der Waals surface area contributed by atoms with Crippen LogP contribution in [-0.2, 0) is 21.3 Å². The average Bonchev–Trinajstić information content (AvgIpc) is 3.08. The van der Waals surface area contributed by atoms with Gasteiger partial charge in [-0.3, -0.25) is 0 Å². The second-order valence-electron chi connectivity index (χ2n) is 6.15. The largest absolute Gasteiger partial charge is 0.465 e. The highest BCUT2D eigenvalue weighted by atomic mass is 32.2. The topological polar surface area (TPSA) is 90.3 Å². The van der Waals surface area contributed by atoms with Crippen molar-refractivity contribution in [1.29, 1.82) is 0 Å². The van der Waals surface area contributed by atoms with Crippen molar-refractivity contribution in [3.63, 3.8) is 0 Å². The van der Waals surface area contributed by atoms with E-state index in [0.717, 1.165) is 11.0 Å². The average molecular weight is 387 g/mol. The summed E-state index contributed by atoms with van der Waals surface area (Å²) in [6.07, 6.45) is 2.36. The van der Waals surface area contributed by atoms with E-state index < -0.39 is 16.0 Å². The maximum Gasteiger partial charge on any atom is 0.337 e. The summed E-state index contributed by atoms with van der Waals surface area (Å²) >= 11 is 0. The van der Waals surface area contributed by atoms with Gasteiger partial charge >= 0.3 is 5.97 Å². The molecule has 0 saturated heterocycles. The van der Waals surface area contributed by atoms with Crippen LogP contribution in [0.5, 0.6) is 0 Å². The SMILES string of the molecule is COC(=O)c1ccc(C)c(S(=O)(=O)NCCCn2cnc3ccccc32)c1. The molecule has 3 rings (SSSR count). The number of aromatic nitrogens is 2. The highest BCUT2D eigenvalue weighted by molar-refractivity contribution is 7.89. The van der Waals surface area contributed by atoms with Crippen LogP contribution in [0, 0.1) is 6.92 Å². The highest BCUT2D eigenvalue weighted by Crippen LogP contribution is 2.18. The first-order chi connectivity index (χ1) is 12.9. The van der Waals surface area contributed by atoms with Crippen LogP contribution in [0.4, 0.5) is 0 Å². The van der Waals surface area contributed by atoms with E-state index in [4.69, 9.17) is 0 Å². The Hall–Kier alpha value is -2.71. The zero-order chi connectivity index (χ0) is 19.4. The van der Waals surface area contributed by atoms with E-state index in [-0.39, 0.29) is 17.0 Å². The third-order valence-corrected chi connectivity index (χ3v) is 5.90. The summed E-state index contributed by atoms with van der Waals surface area (Å²) in [4.78, 5) is 16.1. The number of sulfonamides is 1. The molecular weight excluding hydrogens is 366 g/mol. The van der Waals surface area contributed by atoms with Crippen LogP contribution in [0.1, 0.15) is 22.3 Å². The molecule has 1 N–H and O–H groups in total. The lowest BCUT2D eigenvalue weighted by Crippen LogP contribution is -2.26. The van der Waals surface area contributed by atoms with E-state index in [1.807, 2.05) is 28.8 Å². The number of carbonyl (C=O) groups is 1. The third kappa shape index (κ3) is 4.17. The number of para-hydroxylation sites is 2. The lowest BCUT2D eigenvalue weighted by Gasteiger charge is -2.11. The van der Waals surface area contributed by atoms with Gasteiger partial charge in [0.15, 0.2) is 0 Å². The molecule has 2 aromatic carbocycles. The van der Waals surface area contributed by atoms with Crippen LogP contribution in [0.25, 0.3) is 11.0 Å². The predicted octanol–water partition coefficient (Wildman–Crippen LogP) is 2.50. The fourth-order valence-electron chi connectivity index (χ4n) is 2.86. The van der Waals surface area contributed by atoms with Gasteiger partial charge in [0.2, 0.25) is 10.0 Å². The summed E-state index contributed by atoms with van der Waals surface area (Å²) in [7, 11) is -2.46. The Kier molecular flexibility index (Phi) is 5.57. The van der Waals surface area contributed by atoms with Gasteiger partial charge < -0.3 is 9.30 Å². The van der Waals surface area contributed by atoms with Crippen molar-refractivity contribution in [3.8, 4) is 0 Å². The van der Waals surface area contributed by atoms with Crippen LogP contribution in [-0.4, -0.2) is 37.6 Å². The monoisotopic (exact) mass is 387 g/mol. The van der Waals surface area contributed by atoms with E-state index in [9.17, 15) is 13.2 Å². The number of rotatable bonds is 7. The molecule has 0 atom stereocenters. The fraction of sp³-hybridized carbons (Fsp3) is 0.263. The van der Waals surface area contributed by atoms with Crippen molar-refractivity contribution < 1.29 is 17.9 Å². The number of hydrogen-bond acceptors (Lipinski definition) is 5. The Morgan fingerprint density at radius 1 is 1.22 bits per heavy atom. The third-order valence-electron chi connectivity index (χ3n) is 4.29. The van der Waals surface area contributed by atoms with Crippen LogP contribution < -0.4 is 4.72 Å². The molecular formula is C19H21N3O4S. The molecule has 1 heterocycles. The zero-order valence-electron chi connectivity index (χ0n) is 15.2. The quantitative estimate of drug-likeness (QED) is 0.497. The zero-order valence-corrected chi connectivity index (χ0v) is 16.0. The summed E-state index contributed by atoms with van der Waals surface area (Å²) in [6, 6.07) is 12.3. The number of hydrogen-bond donors (Lipinski definition) is 1. The normalized spacial score (nSPS) is 11.6. The number of aryl methyl sites for hydroxylation is 2. The van der Waals surface area contributed by atoms with E-state index in [2.05, 4.69) is 14.4 Å². The van der Waals surface area contributed by atoms with Crippen molar-refractivity contribution in [2.75, 3.05) is 13.7 Å². The number of fused-ring (bicyclic) bond motifs is 1. The summed E-state index contributed by atoms with van der Waals surface area (Å²) in [5.74, 6) is -0.571. The molecule has 0 radical (unpaired) electrons. The number of ether oxygens (including phenoxy) is 1. The first-order valence-corrected chi connectivity index (χ1v) is 9.99. The van der Waals surface area contributed by atoms with Crippen LogP contribution in [0.15, 0.2) is 53.7 Å². The van der Waals surface area contributed by atoms with Gasteiger partial charge in [0.05, 0.1) is 34.9 Å². The van der Waals surface area contributed by atoms with Crippen LogP contribution >= 0.6 is 0 Å². The number of methoxy groups -OCH3 is 1. The van der Waals surface area contributed by atoms with Crippen molar-refractivity contribution in [2.24, 2.45) is 0 Å². The second kappa shape index (κ2) is 7.89. The number of nitrogens with zero attached hydrogens (tertiary/aromatic N) is 2. The Bertz CT molecular complexity index is 1070. The minimum absolute atomic E-state index is 0.0819. The van der Waals surface area contributed by atoms with Gasteiger partial charge in [-0.1, -0.05) is 18.2 Å². The van der Waals surface area contributed by atoms with E-state index in [1.54, 1.807) is 25.4 Å². The minimum Gasteiger partial charge on any atom is -0.465 e. The number of carbonyl (C=O) groups excluding carboxylic acids is 1. The Morgan fingerprint density at radius 3 is 2.78 bits per heavy atom. The highest BCUT2D eigenvalue weighted by Gasteiger charge is 2.19. The summed E-state index contributed by atoms with van der Waals surface area (Å²) in [5.41, 5.74) is 2.69. The van der Waals surface area contributed by atoms with Crippen LogP contribution in [0.3, 0.4) is 0 Å². The minimum atomic E-state index is -3.72. The molecule has 0 unspecified atom stereocenters. The summed E-state index contributed by atoms with van der Waals surface area (Å²) in [5, 5.41) is 0. The molecule has 0 aliphatic rings. The Morgan fingerprint density at radius 2 is 2.00 bits per heavy atom. The fourth-order valence-corrected chi connectivity index (χ4v) is 4.20. The molecule has 0 bridgehead atoms. The van der Waals surface area contributed by atoms with Gasteiger partial charge in [0, 0.05) is 13.1 Å². The number of esters is 1. The first kappa shape index (κ1) is 19.1. The molecule has 0 fully saturated rings. The smallest absolute Gasteiger partial charge is 0.337 e. The Labute approximate surface area is 158 Å². The molecule has 0 aliphatic heterocycles. The van der Waals surface area contributed by atoms with Gasteiger partial charge in [-0.15, -0.1) is 0 Å². The molecule has 8 heteroatoms. The molecule has 0 saturated carbocycles. The molecule has 142 valence electrons. The van der Waals surface area contributed by atoms with E-state index in [0.29, 0.717) is 18.5 Å². The molecule has 0 spiro atoms. The standard InChI is InChI=1S/C19H21N3O4S/c1-14-8-9-15(19(23)26-2)12-18(14)27(24,25)21-10-5-11-22-13-20-16-6-3-4-7-17(16)22/h3-4,6-9,12-13,21H,5,10-11H2,1-2H3.